The molecule has 1 aliphatic carbocycles. The molecule has 2 unspecified atom stereocenters. The first-order valence-corrected chi connectivity index (χ1v) is 5.88. The molecule has 1 nitrogen and oxygen atoms in total. The predicted molar refractivity (Wildman–Crippen MR) is 63.4 cm³/mol. The first-order chi connectivity index (χ1) is 6.49. The van der Waals surface area contributed by atoms with Crippen molar-refractivity contribution in [3.05, 3.63) is 12.2 Å². The van der Waals surface area contributed by atoms with Crippen molar-refractivity contribution in [2.24, 2.45) is 11.3 Å². The molecule has 0 bridgehead atoms. The third-order valence-corrected chi connectivity index (χ3v) is 3.70. The molecule has 2 atom stereocenters. The Bertz CT molecular complexity index is 205. The zero-order chi connectivity index (χ0) is 10.8. The minimum absolute atomic E-state index is 0.492. The molecule has 0 saturated heterocycles. The molecule has 0 aromatic heterocycles. The molecule has 1 rings (SSSR count). The Labute approximate surface area is 89.0 Å². The Morgan fingerprint density at radius 3 is 2.57 bits per heavy atom. The van der Waals surface area contributed by atoms with Crippen molar-refractivity contribution < 1.29 is 0 Å². The maximum absolute atomic E-state index is 4.12. The van der Waals surface area contributed by atoms with Crippen molar-refractivity contribution in [1.82, 2.24) is 5.32 Å². The molecule has 1 fully saturated rings. The maximum atomic E-state index is 4.12. The topological polar surface area (TPSA) is 12.0 Å². The normalized spacial score (nSPS) is 27.6. The molecule has 0 aromatic carbocycles. The van der Waals surface area contributed by atoms with E-state index < -0.39 is 0 Å². The van der Waals surface area contributed by atoms with Crippen LogP contribution in [0.3, 0.4) is 0 Å². The molecule has 14 heavy (non-hydrogen) atoms. The van der Waals surface area contributed by atoms with Crippen molar-refractivity contribution in [2.45, 2.75) is 53.0 Å². The van der Waals surface area contributed by atoms with E-state index in [9.17, 15) is 0 Å². The van der Waals surface area contributed by atoms with Crippen molar-refractivity contribution in [3.8, 4) is 0 Å². The standard InChI is InChI=1S/C13H25N/c1-6-14-12(10(2)3)11-8-7-9-13(11,4)5/h11-12,14H,2,6-9H2,1,3-5H3. The van der Waals surface area contributed by atoms with Crippen LogP contribution in [-0.2, 0) is 0 Å². The van der Waals surface area contributed by atoms with Gasteiger partial charge in [0.15, 0.2) is 0 Å². The molecule has 1 saturated carbocycles. The third-order valence-electron chi connectivity index (χ3n) is 3.70. The van der Waals surface area contributed by atoms with Crippen LogP contribution in [0.25, 0.3) is 0 Å². The first kappa shape index (κ1) is 11.8. The molecule has 0 aromatic rings. The van der Waals surface area contributed by atoms with Crippen molar-refractivity contribution in [1.29, 1.82) is 0 Å². The van der Waals surface area contributed by atoms with E-state index in [1.807, 2.05) is 0 Å². The minimum atomic E-state index is 0.492. The van der Waals surface area contributed by atoms with Gasteiger partial charge in [0.25, 0.3) is 0 Å². The second-order valence-electron chi connectivity index (χ2n) is 5.37. The molecule has 0 aliphatic heterocycles. The summed E-state index contributed by atoms with van der Waals surface area (Å²) >= 11 is 0. The lowest BCUT2D eigenvalue weighted by molar-refractivity contribution is 0.216. The zero-order valence-corrected chi connectivity index (χ0v) is 10.2. The molecular formula is C13H25N. The summed E-state index contributed by atoms with van der Waals surface area (Å²) in [5, 5.41) is 3.58. The predicted octanol–water partition coefficient (Wildman–Crippen LogP) is 3.37. The van der Waals surface area contributed by atoms with Crippen molar-refractivity contribution in [3.63, 3.8) is 0 Å². The van der Waals surface area contributed by atoms with E-state index >= 15 is 0 Å². The summed E-state index contributed by atoms with van der Waals surface area (Å²) in [6.45, 7) is 14.3. The van der Waals surface area contributed by atoms with E-state index in [0.29, 0.717) is 11.5 Å². The van der Waals surface area contributed by atoms with Crippen LogP contribution in [0.1, 0.15) is 47.0 Å². The van der Waals surface area contributed by atoms with Crippen LogP contribution in [0.15, 0.2) is 12.2 Å². The summed E-state index contributed by atoms with van der Waals surface area (Å²) in [5.41, 5.74) is 1.79. The van der Waals surface area contributed by atoms with Gasteiger partial charge in [0.1, 0.15) is 0 Å². The van der Waals surface area contributed by atoms with Crippen molar-refractivity contribution >= 4 is 0 Å². The average molecular weight is 195 g/mol. The van der Waals surface area contributed by atoms with E-state index in [1.54, 1.807) is 0 Å². The second kappa shape index (κ2) is 4.48. The van der Waals surface area contributed by atoms with E-state index in [0.717, 1.165) is 12.5 Å². The van der Waals surface area contributed by atoms with Gasteiger partial charge in [-0.15, -0.1) is 0 Å². The number of likely N-dealkylation sites (N-methyl/N-ethyl adjacent to an activating group) is 1. The Morgan fingerprint density at radius 2 is 2.21 bits per heavy atom. The summed E-state index contributed by atoms with van der Waals surface area (Å²) in [7, 11) is 0. The summed E-state index contributed by atoms with van der Waals surface area (Å²) in [6, 6.07) is 0.525. The van der Waals surface area contributed by atoms with Gasteiger partial charge in [0, 0.05) is 6.04 Å². The summed E-state index contributed by atoms with van der Waals surface area (Å²) in [5.74, 6) is 0.778. The van der Waals surface area contributed by atoms with Crippen LogP contribution in [0.4, 0.5) is 0 Å². The van der Waals surface area contributed by atoms with Gasteiger partial charge in [-0.2, -0.15) is 0 Å². The number of hydrogen-bond acceptors (Lipinski definition) is 1. The van der Waals surface area contributed by atoms with Crippen LogP contribution >= 0.6 is 0 Å². The van der Waals surface area contributed by atoms with E-state index in [-0.39, 0.29) is 0 Å². The number of hydrogen-bond donors (Lipinski definition) is 1. The van der Waals surface area contributed by atoms with Crippen LogP contribution in [0.5, 0.6) is 0 Å². The van der Waals surface area contributed by atoms with E-state index in [2.05, 4.69) is 39.6 Å². The molecule has 0 radical (unpaired) electrons. The van der Waals surface area contributed by atoms with Gasteiger partial charge < -0.3 is 5.32 Å². The Kier molecular flexibility index (Phi) is 3.77. The molecule has 0 amide bonds. The Hall–Kier alpha value is -0.300. The second-order valence-corrected chi connectivity index (χ2v) is 5.37. The molecule has 0 spiro atoms. The molecule has 1 heteroatoms. The quantitative estimate of drug-likeness (QED) is 0.678. The minimum Gasteiger partial charge on any atom is -0.310 e. The van der Waals surface area contributed by atoms with Crippen LogP contribution in [0, 0.1) is 11.3 Å². The maximum Gasteiger partial charge on any atom is 0.0307 e. The lowest BCUT2D eigenvalue weighted by atomic mass is 9.76. The Morgan fingerprint density at radius 1 is 1.57 bits per heavy atom. The molecule has 1 N–H and O–H groups in total. The fourth-order valence-corrected chi connectivity index (χ4v) is 2.85. The van der Waals surface area contributed by atoms with Gasteiger partial charge in [-0.05, 0) is 37.6 Å². The van der Waals surface area contributed by atoms with E-state index in [4.69, 9.17) is 0 Å². The van der Waals surface area contributed by atoms with E-state index in [1.165, 1.54) is 24.8 Å². The SMILES string of the molecule is C=C(C)C(NCC)C1CCCC1(C)C. The van der Waals surface area contributed by atoms with Crippen LogP contribution in [0.2, 0.25) is 0 Å². The van der Waals surface area contributed by atoms with Gasteiger partial charge in [0.05, 0.1) is 0 Å². The molecule has 1 aliphatic rings. The van der Waals surface area contributed by atoms with Gasteiger partial charge >= 0.3 is 0 Å². The highest BCUT2D eigenvalue weighted by atomic mass is 14.9. The van der Waals surface area contributed by atoms with Gasteiger partial charge in [0.2, 0.25) is 0 Å². The fourth-order valence-electron chi connectivity index (χ4n) is 2.85. The average Bonchev–Trinajstić information content (AvgIpc) is 2.40. The van der Waals surface area contributed by atoms with Gasteiger partial charge in [-0.1, -0.05) is 39.3 Å². The number of rotatable bonds is 4. The lowest BCUT2D eigenvalue weighted by Gasteiger charge is -2.35. The van der Waals surface area contributed by atoms with Crippen molar-refractivity contribution in [2.75, 3.05) is 6.54 Å². The zero-order valence-electron chi connectivity index (χ0n) is 10.2. The summed E-state index contributed by atoms with van der Waals surface area (Å²) in [4.78, 5) is 0. The summed E-state index contributed by atoms with van der Waals surface area (Å²) < 4.78 is 0. The Balaban J connectivity index is 2.72. The first-order valence-electron chi connectivity index (χ1n) is 5.88. The lowest BCUT2D eigenvalue weighted by Crippen LogP contribution is -2.41. The molecule has 82 valence electrons. The largest absolute Gasteiger partial charge is 0.310 e. The highest BCUT2D eigenvalue weighted by molar-refractivity contribution is 5.08. The van der Waals surface area contributed by atoms with Gasteiger partial charge in [-0.3, -0.25) is 0 Å². The highest BCUT2D eigenvalue weighted by Crippen LogP contribution is 2.45. The number of nitrogens with one attached hydrogen (secondary N) is 1. The monoisotopic (exact) mass is 195 g/mol. The van der Waals surface area contributed by atoms with Gasteiger partial charge in [-0.25, -0.2) is 0 Å². The fraction of sp³-hybridized carbons (Fsp3) is 0.846. The molecule has 0 heterocycles. The smallest absolute Gasteiger partial charge is 0.0307 e. The van der Waals surface area contributed by atoms with Crippen LogP contribution < -0.4 is 5.32 Å². The molecular weight excluding hydrogens is 170 g/mol. The third kappa shape index (κ3) is 2.38. The summed E-state index contributed by atoms with van der Waals surface area (Å²) in [6.07, 6.45) is 4.11. The highest BCUT2D eigenvalue weighted by Gasteiger charge is 2.39. The van der Waals surface area contributed by atoms with Crippen LogP contribution in [-0.4, -0.2) is 12.6 Å².